The Labute approximate surface area is 93.4 Å². The van der Waals surface area contributed by atoms with Crippen molar-refractivity contribution in [2.24, 2.45) is 5.41 Å². The van der Waals surface area contributed by atoms with Crippen molar-refractivity contribution in [1.29, 1.82) is 0 Å². The standard InChI is InChI=1S/C13H24O2/c1-5-8-11(14)9-7-10-12(15)13(3,4)6-2/h5,11,14H,1,6-10H2,2-4H3/t11-/m1/s1. The molecule has 0 aliphatic heterocycles. The Bertz CT molecular complexity index is 207. The van der Waals surface area contributed by atoms with Crippen LogP contribution in [-0.4, -0.2) is 17.0 Å². The summed E-state index contributed by atoms with van der Waals surface area (Å²) in [6.45, 7) is 9.56. The molecule has 0 amide bonds. The average molecular weight is 212 g/mol. The maximum absolute atomic E-state index is 11.7. The van der Waals surface area contributed by atoms with Crippen molar-refractivity contribution in [1.82, 2.24) is 0 Å². The highest BCUT2D eigenvalue weighted by Gasteiger charge is 2.24. The third-order valence-corrected chi connectivity index (χ3v) is 3.02. The molecule has 0 aliphatic carbocycles. The second-order valence-electron chi connectivity index (χ2n) is 4.73. The zero-order chi connectivity index (χ0) is 11.9. The van der Waals surface area contributed by atoms with Gasteiger partial charge in [-0.05, 0) is 25.7 Å². The summed E-state index contributed by atoms with van der Waals surface area (Å²) < 4.78 is 0. The van der Waals surface area contributed by atoms with E-state index in [1.807, 2.05) is 20.8 Å². The Balaban J connectivity index is 3.77. The van der Waals surface area contributed by atoms with Crippen LogP contribution in [-0.2, 0) is 4.79 Å². The smallest absolute Gasteiger partial charge is 0.138 e. The molecule has 0 saturated heterocycles. The number of hydrogen-bond donors (Lipinski definition) is 1. The van der Waals surface area contributed by atoms with Gasteiger partial charge in [0.1, 0.15) is 5.78 Å². The summed E-state index contributed by atoms with van der Waals surface area (Å²) in [4.78, 5) is 11.7. The Kier molecular flexibility index (Phi) is 6.50. The summed E-state index contributed by atoms with van der Waals surface area (Å²) in [5, 5.41) is 9.44. The molecule has 15 heavy (non-hydrogen) atoms. The zero-order valence-corrected chi connectivity index (χ0v) is 10.3. The van der Waals surface area contributed by atoms with Crippen LogP contribution in [0, 0.1) is 5.41 Å². The first kappa shape index (κ1) is 14.4. The van der Waals surface area contributed by atoms with Gasteiger partial charge < -0.3 is 5.11 Å². The van der Waals surface area contributed by atoms with Crippen molar-refractivity contribution >= 4 is 5.78 Å². The van der Waals surface area contributed by atoms with E-state index in [1.54, 1.807) is 6.08 Å². The summed E-state index contributed by atoms with van der Waals surface area (Å²) in [5.41, 5.74) is -0.205. The van der Waals surface area contributed by atoms with Crippen LogP contribution in [0.4, 0.5) is 0 Å². The first-order chi connectivity index (χ1) is 6.94. The first-order valence-electron chi connectivity index (χ1n) is 5.76. The van der Waals surface area contributed by atoms with Crippen LogP contribution >= 0.6 is 0 Å². The van der Waals surface area contributed by atoms with Gasteiger partial charge >= 0.3 is 0 Å². The Morgan fingerprint density at radius 2 is 2.13 bits per heavy atom. The number of Topliss-reactive ketones (excluding diaryl/α,β-unsaturated/α-hetero) is 1. The zero-order valence-electron chi connectivity index (χ0n) is 10.3. The lowest BCUT2D eigenvalue weighted by molar-refractivity contribution is -0.127. The molecule has 2 heteroatoms. The first-order valence-corrected chi connectivity index (χ1v) is 5.76. The van der Waals surface area contributed by atoms with Crippen LogP contribution in [0.3, 0.4) is 0 Å². The minimum absolute atomic E-state index is 0.205. The molecule has 0 fully saturated rings. The summed E-state index contributed by atoms with van der Waals surface area (Å²) in [6.07, 6.45) is 4.92. The third kappa shape index (κ3) is 5.73. The van der Waals surface area contributed by atoms with Crippen molar-refractivity contribution < 1.29 is 9.90 Å². The maximum atomic E-state index is 11.7. The molecule has 0 unspecified atom stereocenters. The van der Waals surface area contributed by atoms with Gasteiger partial charge in [0, 0.05) is 11.8 Å². The van der Waals surface area contributed by atoms with E-state index in [1.165, 1.54) is 0 Å². The van der Waals surface area contributed by atoms with Gasteiger partial charge in [-0.2, -0.15) is 0 Å². The average Bonchev–Trinajstić information content (AvgIpc) is 2.18. The molecule has 0 saturated carbocycles. The SMILES string of the molecule is C=CC[C@@H](O)CCCC(=O)C(C)(C)CC. The van der Waals surface area contributed by atoms with Gasteiger partial charge in [-0.25, -0.2) is 0 Å². The van der Waals surface area contributed by atoms with E-state index >= 15 is 0 Å². The topological polar surface area (TPSA) is 37.3 Å². The largest absolute Gasteiger partial charge is 0.393 e. The summed E-state index contributed by atoms with van der Waals surface area (Å²) >= 11 is 0. The van der Waals surface area contributed by atoms with Crippen molar-refractivity contribution in [3.05, 3.63) is 12.7 Å². The molecule has 0 bridgehead atoms. The predicted octanol–water partition coefficient (Wildman–Crippen LogP) is 3.10. The van der Waals surface area contributed by atoms with Crippen LogP contribution in [0.1, 0.15) is 52.9 Å². The molecule has 88 valence electrons. The highest BCUT2D eigenvalue weighted by molar-refractivity contribution is 5.83. The van der Waals surface area contributed by atoms with Gasteiger partial charge in [-0.15, -0.1) is 6.58 Å². The van der Waals surface area contributed by atoms with Gasteiger partial charge in [0.05, 0.1) is 6.10 Å². The van der Waals surface area contributed by atoms with Gasteiger partial charge in [0.2, 0.25) is 0 Å². The number of rotatable bonds is 8. The third-order valence-electron chi connectivity index (χ3n) is 3.02. The fourth-order valence-corrected chi connectivity index (χ4v) is 1.34. The molecule has 0 heterocycles. The van der Waals surface area contributed by atoms with Crippen molar-refractivity contribution in [2.45, 2.75) is 59.0 Å². The molecule has 0 aromatic heterocycles. The van der Waals surface area contributed by atoms with Crippen molar-refractivity contribution in [2.75, 3.05) is 0 Å². The highest BCUT2D eigenvalue weighted by atomic mass is 16.3. The Hall–Kier alpha value is -0.630. The minimum atomic E-state index is -0.333. The molecule has 0 aromatic carbocycles. The highest BCUT2D eigenvalue weighted by Crippen LogP contribution is 2.23. The van der Waals surface area contributed by atoms with E-state index in [0.717, 1.165) is 12.8 Å². The van der Waals surface area contributed by atoms with E-state index < -0.39 is 0 Å². The number of carbonyl (C=O) groups is 1. The molecule has 1 atom stereocenters. The lowest BCUT2D eigenvalue weighted by atomic mass is 9.83. The molecule has 0 aliphatic rings. The maximum Gasteiger partial charge on any atom is 0.138 e. The summed E-state index contributed by atoms with van der Waals surface area (Å²) in [5.74, 6) is 0.302. The molecule has 0 spiro atoms. The summed E-state index contributed by atoms with van der Waals surface area (Å²) in [6, 6.07) is 0. The van der Waals surface area contributed by atoms with Crippen LogP contribution in [0.2, 0.25) is 0 Å². The van der Waals surface area contributed by atoms with Gasteiger partial charge in [-0.3, -0.25) is 4.79 Å². The monoisotopic (exact) mass is 212 g/mol. The molecule has 0 aromatic rings. The number of aliphatic hydroxyl groups excluding tert-OH is 1. The van der Waals surface area contributed by atoms with Crippen LogP contribution in [0.25, 0.3) is 0 Å². The lowest BCUT2D eigenvalue weighted by Gasteiger charge is -2.20. The molecule has 1 N–H and O–H groups in total. The summed E-state index contributed by atoms with van der Waals surface area (Å²) in [7, 11) is 0. The molecule has 2 nitrogen and oxygen atoms in total. The second kappa shape index (κ2) is 6.78. The molecule has 0 rings (SSSR count). The Morgan fingerprint density at radius 1 is 1.53 bits per heavy atom. The second-order valence-corrected chi connectivity index (χ2v) is 4.73. The predicted molar refractivity (Wildman–Crippen MR) is 63.8 cm³/mol. The fraction of sp³-hybridized carbons (Fsp3) is 0.769. The quantitative estimate of drug-likeness (QED) is 0.628. The number of carbonyl (C=O) groups excluding carboxylic acids is 1. The Morgan fingerprint density at radius 3 is 2.60 bits per heavy atom. The van der Waals surface area contributed by atoms with Crippen molar-refractivity contribution in [3.8, 4) is 0 Å². The minimum Gasteiger partial charge on any atom is -0.393 e. The number of hydrogen-bond acceptors (Lipinski definition) is 2. The number of aliphatic hydroxyl groups is 1. The normalized spacial score (nSPS) is 13.6. The van der Waals surface area contributed by atoms with E-state index in [4.69, 9.17) is 0 Å². The van der Waals surface area contributed by atoms with E-state index in [0.29, 0.717) is 25.0 Å². The number of ketones is 1. The van der Waals surface area contributed by atoms with E-state index in [9.17, 15) is 9.90 Å². The van der Waals surface area contributed by atoms with E-state index in [2.05, 4.69) is 6.58 Å². The van der Waals surface area contributed by atoms with Gasteiger partial charge in [0.25, 0.3) is 0 Å². The fourth-order valence-electron chi connectivity index (χ4n) is 1.34. The van der Waals surface area contributed by atoms with E-state index in [-0.39, 0.29) is 11.5 Å². The van der Waals surface area contributed by atoms with Crippen LogP contribution in [0.15, 0.2) is 12.7 Å². The molecular weight excluding hydrogens is 188 g/mol. The molecule has 0 radical (unpaired) electrons. The molecular formula is C13H24O2. The lowest BCUT2D eigenvalue weighted by Crippen LogP contribution is -2.23. The van der Waals surface area contributed by atoms with Gasteiger partial charge in [-0.1, -0.05) is 26.8 Å². The van der Waals surface area contributed by atoms with Gasteiger partial charge in [0.15, 0.2) is 0 Å². The van der Waals surface area contributed by atoms with Crippen LogP contribution in [0.5, 0.6) is 0 Å². The van der Waals surface area contributed by atoms with Crippen molar-refractivity contribution in [3.63, 3.8) is 0 Å². The van der Waals surface area contributed by atoms with Crippen LogP contribution < -0.4 is 0 Å².